The summed E-state index contributed by atoms with van der Waals surface area (Å²) in [4.78, 5) is 0. The second-order valence-electron chi connectivity index (χ2n) is 2.61. The zero-order valence-electron chi connectivity index (χ0n) is 5.73. The molecule has 0 aliphatic carbocycles. The molecule has 0 saturated carbocycles. The van der Waals surface area contributed by atoms with Crippen LogP contribution in [0.5, 0.6) is 0 Å². The van der Waals surface area contributed by atoms with Gasteiger partial charge in [0.1, 0.15) is 0 Å². The highest BCUT2D eigenvalue weighted by Gasteiger charge is 2.34. The van der Waals surface area contributed by atoms with E-state index in [1.54, 1.807) is 0 Å². The van der Waals surface area contributed by atoms with Gasteiger partial charge in [-0.1, -0.05) is 0 Å². The molecule has 0 amide bonds. The van der Waals surface area contributed by atoms with E-state index < -0.39 is 25.1 Å². The summed E-state index contributed by atoms with van der Waals surface area (Å²) in [6.07, 6.45) is 0.140. The molecule has 0 unspecified atom stereocenters. The first-order chi connectivity index (χ1) is 4.81. The van der Waals surface area contributed by atoms with E-state index in [0.717, 1.165) is 0 Å². The van der Waals surface area contributed by atoms with Gasteiger partial charge in [-0.3, -0.25) is 0 Å². The predicted molar refractivity (Wildman–Crippen MR) is 40.2 cm³/mol. The van der Waals surface area contributed by atoms with E-state index in [9.17, 15) is 16.8 Å². The summed E-state index contributed by atoms with van der Waals surface area (Å²) in [5, 5.41) is 3.89. The highest BCUT2D eigenvalue weighted by molar-refractivity contribution is 7.95. The summed E-state index contributed by atoms with van der Waals surface area (Å²) in [5.74, 6) is -0.375. The van der Waals surface area contributed by atoms with Gasteiger partial charge in [-0.05, 0) is 6.42 Å². The molecule has 2 N–H and O–H groups in total. The van der Waals surface area contributed by atoms with Crippen molar-refractivity contribution in [1.29, 1.82) is 0 Å². The first-order valence-electron chi connectivity index (χ1n) is 3.03. The van der Waals surface area contributed by atoms with Gasteiger partial charge in [0.15, 0.2) is 9.84 Å². The second-order valence-corrected chi connectivity index (χ2v) is 6.69. The van der Waals surface area contributed by atoms with Gasteiger partial charge in [0.05, 0.1) is 16.8 Å². The van der Waals surface area contributed by atoms with Gasteiger partial charge in [0.25, 0.3) is 0 Å². The summed E-state index contributed by atoms with van der Waals surface area (Å²) in [6.45, 7) is 0. The minimum Gasteiger partial charge on any atom is -0.229 e. The van der Waals surface area contributed by atoms with Crippen LogP contribution in [-0.4, -0.2) is 33.6 Å². The molecule has 0 radical (unpaired) electrons. The van der Waals surface area contributed by atoms with E-state index in [0.29, 0.717) is 0 Å². The standard InChI is InChI=1S/C4H9NO4S2/c5-11(8,9)4-1-2-10(6,7)3-4/h4H,1-3H2,(H2,5,8,9)/t4-/m1/s1. The number of primary sulfonamides is 1. The minimum atomic E-state index is -3.65. The van der Waals surface area contributed by atoms with Crippen molar-refractivity contribution in [3.8, 4) is 0 Å². The Bertz CT molecular complexity index is 340. The Morgan fingerprint density at radius 1 is 1.36 bits per heavy atom. The van der Waals surface area contributed by atoms with E-state index in [1.807, 2.05) is 0 Å². The van der Waals surface area contributed by atoms with Gasteiger partial charge >= 0.3 is 0 Å². The van der Waals surface area contributed by atoms with Crippen LogP contribution in [-0.2, 0) is 19.9 Å². The molecule has 1 heterocycles. The van der Waals surface area contributed by atoms with Gasteiger partial charge in [0.2, 0.25) is 10.0 Å². The van der Waals surface area contributed by atoms with Crippen molar-refractivity contribution in [3.63, 3.8) is 0 Å². The molecule has 66 valence electrons. The van der Waals surface area contributed by atoms with Crippen molar-refractivity contribution < 1.29 is 16.8 Å². The number of hydrogen-bond acceptors (Lipinski definition) is 4. The molecule has 1 rings (SSSR count). The third-order valence-electron chi connectivity index (χ3n) is 1.66. The molecule has 0 aromatic rings. The van der Waals surface area contributed by atoms with Crippen LogP contribution in [0.15, 0.2) is 0 Å². The van der Waals surface area contributed by atoms with Crippen molar-refractivity contribution in [1.82, 2.24) is 0 Å². The summed E-state index contributed by atoms with van der Waals surface area (Å²) in [5.41, 5.74) is 0. The lowest BCUT2D eigenvalue weighted by Crippen LogP contribution is -2.29. The minimum absolute atomic E-state index is 0.0614. The van der Waals surface area contributed by atoms with E-state index in [2.05, 4.69) is 0 Å². The van der Waals surface area contributed by atoms with E-state index in [4.69, 9.17) is 5.14 Å². The molecule has 11 heavy (non-hydrogen) atoms. The smallest absolute Gasteiger partial charge is 0.213 e. The zero-order chi connectivity index (χ0) is 8.70. The third kappa shape index (κ3) is 2.14. The van der Waals surface area contributed by atoms with Gasteiger partial charge < -0.3 is 0 Å². The Labute approximate surface area is 65.6 Å². The Hall–Kier alpha value is -0.140. The average molecular weight is 199 g/mol. The fourth-order valence-electron chi connectivity index (χ4n) is 1.02. The average Bonchev–Trinajstić information content (AvgIpc) is 2.07. The zero-order valence-corrected chi connectivity index (χ0v) is 7.36. The van der Waals surface area contributed by atoms with Crippen LogP contribution in [0.4, 0.5) is 0 Å². The van der Waals surface area contributed by atoms with Crippen molar-refractivity contribution in [2.75, 3.05) is 11.5 Å². The lowest BCUT2D eigenvalue weighted by atomic mass is 10.4. The summed E-state index contributed by atoms with van der Waals surface area (Å²) >= 11 is 0. The Balaban J connectivity index is 2.87. The van der Waals surface area contributed by atoms with Crippen LogP contribution < -0.4 is 5.14 Å². The van der Waals surface area contributed by atoms with E-state index >= 15 is 0 Å². The number of sulfone groups is 1. The van der Waals surface area contributed by atoms with Crippen molar-refractivity contribution in [2.45, 2.75) is 11.7 Å². The van der Waals surface area contributed by atoms with Gasteiger partial charge in [-0.15, -0.1) is 0 Å². The molecule has 5 nitrogen and oxygen atoms in total. The van der Waals surface area contributed by atoms with Crippen LogP contribution in [0.2, 0.25) is 0 Å². The molecule has 1 fully saturated rings. The maximum Gasteiger partial charge on any atom is 0.213 e. The lowest BCUT2D eigenvalue weighted by Gasteiger charge is -2.01. The number of sulfonamides is 1. The SMILES string of the molecule is NS(=O)(=O)[C@@H]1CCS(=O)(=O)C1. The van der Waals surface area contributed by atoms with Crippen molar-refractivity contribution in [2.24, 2.45) is 5.14 Å². The predicted octanol–water partition coefficient (Wildman–Crippen LogP) is -1.54. The van der Waals surface area contributed by atoms with E-state index in [1.165, 1.54) is 0 Å². The summed E-state index contributed by atoms with van der Waals surface area (Å²) in [6, 6.07) is 0. The van der Waals surface area contributed by atoms with E-state index in [-0.39, 0.29) is 17.9 Å². The molecule has 0 spiro atoms. The van der Waals surface area contributed by atoms with Crippen molar-refractivity contribution in [3.05, 3.63) is 0 Å². The highest BCUT2D eigenvalue weighted by Crippen LogP contribution is 2.16. The largest absolute Gasteiger partial charge is 0.229 e. The normalized spacial score (nSPS) is 30.5. The van der Waals surface area contributed by atoms with Gasteiger partial charge in [0, 0.05) is 0 Å². The van der Waals surface area contributed by atoms with Crippen LogP contribution in [0, 0.1) is 0 Å². The molecular weight excluding hydrogens is 190 g/mol. The Morgan fingerprint density at radius 3 is 2.09 bits per heavy atom. The first-order valence-corrected chi connectivity index (χ1v) is 6.46. The van der Waals surface area contributed by atoms with Gasteiger partial charge in [-0.25, -0.2) is 22.0 Å². The molecule has 1 aliphatic rings. The monoisotopic (exact) mass is 199 g/mol. The molecule has 1 saturated heterocycles. The Morgan fingerprint density at radius 2 is 1.91 bits per heavy atom. The third-order valence-corrected chi connectivity index (χ3v) is 4.97. The molecular formula is C4H9NO4S2. The highest BCUT2D eigenvalue weighted by atomic mass is 32.2. The molecule has 1 atom stereocenters. The second kappa shape index (κ2) is 2.43. The number of rotatable bonds is 1. The molecule has 7 heteroatoms. The molecule has 1 aliphatic heterocycles. The van der Waals surface area contributed by atoms with Crippen LogP contribution in [0.1, 0.15) is 6.42 Å². The first kappa shape index (κ1) is 8.95. The maximum absolute atomic E-state index is 10.8. The number of hydrogen-bond donors (Lipinski definition) is 1. The van der Waals surface area contributed by atoms with Crippen LogP contribution in [0.25, 0.3) is 0 Å². The lowest BCUT2D eigenvalue weighted by molar-refractivity contribution is 0.584. The maximum atomic E-state index is 10.8. The van der Waals surface area contributed by atoms with Crippen LogP contribution >= 0.6 is 0 Å². The molecule has 0 aromatic carbocycles. The molecule has 0 aromatic heterocycles. The van der Waals surface area contributed by atoms with Gasteiger partial charge in [-0.2, -0.15) is 0 Å². The number of nitrogens with two attached hydrogens (primary N) is 1. The quantitative estimate of drug-likeness (QED) is 0.554. The Kier molecular flexibility index (Phi) is 1.97. The topological polar surface area (TPSA) is 94.3 Å². The fourth-order valence-corrected chi connectivity index (χ4v) is 4.54. The van der Waals surface area contributed by atoms with Crippen molar-refractivity contribution >= 4 is 19.9 Å². The fraction of sp³-hybridized carbons (Fsp3) is 1.00. The summed E-state index contributed by atoms with van der Waals surface area (Å²) in [7, 11) is -6.79. The molecule has 0 bridgehead atoms. The van der Waals surface area contributed by atoms with Crippen LogP contribution in [0.3, 0.4) is 0 Å². The summed E-state index contributed by atoms with van der Waals surface area (Å²) < 4.78 is 42.8.